The molecule has 1 aromatic rings. The second-order valence-electron chi connectivity index (χ2n) is 3.32. The molecule has 0 atom stereocenters. The molecule has 68 valence electrons. The summed E-state index contributed by atoms with van der Waals surface area (Å²) >= 11 is 0. The molecule has 0 fully saturated rings. The van der Waals surface area contributed by atoms with Crippen molar-refractivity contribution < 1.29 is 0 Å². The van der Waals surface area contributed by atoms with Crippen molar-refractivity contribution in [1.29, 1.82) is 0 Å². The van der Waals surface area contributed by atoms with Gasteiger partial charge in [-0.15, -0.1) is 5.10 Å². The maximum absolute atomic E-state index is 4.00. The van der Waals surface area contributed by atoms with Gasteiger partial charge in [0.05, 0.1) is 12.2 Å². The van der Waals surface area contributed by atoms with Crippen molar-refractivity contribution in [3.05, 3.63) is 35.7 Å². The lowest BCUT2D eigenvalue weighted by atomic mass is 10.1. The van der Waals surface area contributed by atoms with Crippen LogP contribution in [0.4, 0.5) is 0 Å². The highest BCUT2D eigenvalue weighted by atomic mass is 15.4. The van der Waals surface area contributed by atoms with Gasteiger partial charge in [-0.05, 0) is 25.3 Å². The molecule has 0 spiro atoms. The van der Waals surface area contributed by atoms with Crippen LogP contribution in [-0.2, 0) is 6.54 Å². The first-order valence-corrected chi connectivity index (χ1v) is 4.57. The van der Waals surface area contributed by atoms with Crippen LogP contribution in [0.3, 0.4) is 0 Å². The molecule has 13 heavy (non-hydrogen) atoms. The summed E-state index contributed by atoms with van der Waals surface area (Å²) in [4.78, 5) is 0. The molecule has 3 nitrogen and oxygen atoms in total. The van der Waals surface area contributed by atoms with Crippen LogP contribution in [0.25, 0.3) is 0 Å². The maximum atomic E-state index is 4.00. The van der Waals surface area contributed by atoms with Crippen LogP contribution in [0, 0.1) is 6.92 Å². The molecule has 3 heteroatoms. The topological polar surface area (TPSA) is 30.7 Å². The van der Waals surface area contributed by atoms with Crippen molar-refractivity contribution >= 4 is 0 Å². The molecule has 0 unspecified atom stereocenters. The lowest BCUT2D eigenvalue weighted by Crippen LogP contribution is -2.01. The lowest BCUT2D eigenvalue weighted by Gasteiger charge is -2.05. The van der Waals surface area contributed by atoms with Gasteiger partial charge in [0, 0.05) is 6.20 Å². The Morgan fingerprint density at radius 1 is 1.46 bits per heavy atom. The van der Waals surface area contributed by atoms with Gasteiger partial charge in [-0.3, -0.25) is 0 Å². The largest absolute Gasteiger partial charge is 0.248 e. The molecule has 1 aromatic heterocycles. The van der Waals surface area contributed by atoms with Crippen molar-refractivity contribution in [2.24, 2.45) is 0 Å². The first-order chi connectivity index (χ1) is 6.34. The summed E-state index contributed by atoms with van der Waals surface area (Å²) in [6.45, 7) is 2.80. The van der Waals surface area contributed by atoms with E-state index in [2.05, 4.69) is 28.5 Å². The average molecular weight is 175 g/mol. The number of aromatic nitrogens is 3. The summed E-state index contributed by atoms with van der Waals surface area (Å²) < 4.78 is 1.87. The van der Waals surface area contributed by atoms with E-state index in [-0.39, 0.29) is 0 Å². The van der Waals surface area contributed by atoms with Crippen LogP contribution in [0.5, 0.6) is 0 Å². The second-order valence-corrected chi connectivity index (χ2v) is 3.32. The molecule has 0 aromatic carbocycles. The lowest BCUT2D eigenvalue weighted by molar-refractivity contribution is 0.645. The summed E-state index contributed by atoms with van der Waals surface area (Å²) in [5.41, 5.74) is 2.30. The highest BCUT2D eigenvalue weighted by molar-refractivity contribution is 5.21. The SMILES string of the molecule is Cc1cn(CC2=CCCC=C2)nn1. The van der Waals surface area contributed by atoms with Crippen LogP contribution in [0.2, 0.25) is 0 Å². The third kappa shape index (κ3) is 2.05. The molecule has 0 amide bonds. The Hall–Kier alpha value is -1.38. The predicted octanol–water partition coefficient (Wildman–Crippen LogP) is 1.86. The summed E-state index contributed by atoms with van der Waals surface area (Å²) in [6, 6.07) is 0. The van der Waals surface area contributed by atoms with E-state index in [1.165, 1.54) is 12.0 Å². The molecule has 1 heterocycles. The van der Waals surface area contributed by atoms with Crippen molar-refractivity contribution in [2.45, 2.75) is 26.3 Å². The van der Waals surface area contributed by atoms with Crippen molar-refractivity contribution in [3.63, 3.8) is 0 Å². The molecule has 0 radical (unpaired) electrons. The zero-order valence-electron chi connectivity index (χ0n) is 7.77. The molecule has 0 N–H and O–H groups in total. The van der Waals surface area contributed by atoms with E-state index in [9.17, 15) is 0 Å². The van der Waals surface area contributed by atoms with Crippen LogP contribution in [0.15, 0.2) is 30.0 Å². The van der Waals surface area contributed by atoms with Crippen molar-refractivity contribution in [2.75, 3.05) is 0 Å². The number of rotatable bonds is 2. The van der Waals surface area contributed by atoms with E-state index < -0.39 is 0 Å². The molecular weight excluding hydrogens is 162 g/mol. The molecule has 1 aliphatic rings. The first kappa shape index (κ1) is 8.23. The zero-order valence-corrected chi connectivity index (χ0v) is 7.77. The number of nitrogens with zero attached hydrogens (tertiary/aromatic N) is 3. The standard InChI is InChI=1S/C10H13N3/c1-9-7-13(12-11-9)8-10-5-3-2-4-6-10/h3,5-7H,2,4,8H2,1H3. The minimum atomic E-state index is 0.845. The van der Waals surface area contributed by atoms with E-state index in [0.717, 1.165) is 18.7 Å². The van der Waals surface area contributed by atoms with Crippen LogP contribution in [0.1, 0.15) is 18.5 Å². The molecule has 2 rings (SSSR count). The highest BCUT2D eigenvalue weighted by Gasteiger charge is 2.00. The third-order valence-corrected chi connectivity index (χ3v) is 2.07. The molecule has 0 saturated carbocycles. The highest BCUT2D eigenvalue weighted by Crippen LogP contribution is 2.11. The monoisotopic (exact) mass is 175 g/mol. The second kappa shape index (κ2) is 3.56. The summed E-state index contributed by atoms with van der Waals surface area (Å²) in [5.74, 6) is 0. The van der Waals surface area contributed by atoms with Gasteiger partial charge in [0.2, 0.25) is 0 Å². The number of aryl methyl sites for hydroxylation is 1. The van der Waals surface area contributed by atoms with E-state index in [0.29, 0.717) is 0 Å². The fraction of sp³-hybridized carbons (Fsp3) is 0.400. The van der Waals surface area contributed by atoms with Crippen molar-refractivity contribution in [1.82, 2.24) is 15.0 Å². The number of hydrogen-bond acceptors (Lipinski definition) is 2. The normalized spacial score (nSPS) is 15.9. The predicted molar refractivity (Wildman–Crippen MR) is 51.2 cm³/mol. The fourth-order valence-electron chi connectivity index (χ4n) is 1.44. The van der Waals surface area contributed by atoms with Gasteiger partial charge in [-0.25, -0.2) is 4.68 Å². The molecular formula is C10H13N3. The Bertz CT molecular complexity index is 347. The average Bonchev–Trinajstić information content (AvgIpc) is 2.53. The Morgan fingerprint density at radius 3 is 3.00 bits per heavy atom. The Balaban J connectivity index is 2.05. The Kier molecular flexibility index (Phi) is 2.25. The third-order valence-electron chi connectivity index (χ3n) is 2.07. The van der Waals surface area contributed by atoms with E-state index in [1.807, 2.05) is 17.8 Å². The summed E-state index contributed by atoms with van der Waals surface area (Å²) in [5, 5.41) is 7.95. The van der Waals surface area contributed by atoms with E-state index in [1.54, 1.807) is 0 Å². The smallest absolute Gasteiger partial charge is 0.0796 e. The van der Waals surface area contributed by atoms with Gasteiger partial charge in [0.15, 0.2) is 0 Å². The van der Waals surface area contributed by atoms with Gasteiger partial charge in [-0.2, -0.15) is 0 Å². The molecule has 0 bridgehead atoms. The van der Waals surface area contributed by atoms with E-state index >= 15 is 0 Å². The van der Waals surface area contributed by atoms with Gasteiger partial charge < -0.3 is 0 Å². The fourth-order valence-corrected chi connectivity index (χ4v) is 1.44. The van der Waals surface area contributed by atoms with Gasteiger partial charge in [0.1, 0.15) is 0 Å². The van der Waals surface area contributed by atoms with E-state index in [4.69, 9.17) is 0 Å². The van der Waals surface area contributed by atoms with Crippen molar-refractivity contribution in [3.8, 4) is 0 Å². The van der Waals surface area contributed by atoms with Gasteiger partial charge >= 0.3 is 0 Å². The Morgan fingerprint density at radius 2 is 2.38 bits per heavy atom. The summed E-state index contributed by atoms with van der Waals surface area (Å²) in [7, 11) is 0. The molecule has 0 saturated heterocycles. The number of hydrogen-bond donors (Lipinski definition) is 0. The first-order valence-electron chi connectivity index (χ1n) is 4.57. The minimum Gasteiger partial charge on any atom is -0.248 e. The molecule has 0 aliphatic heterocycles. The van der Waals surface area contributed by atoms with Gasteiger partial charge in [0.25, 0.3) is 0 Å². The molecule has 1 aliphatic carbocycles. The van der Waals surface area contributed by atoms with Crippen LogP contribution >= 0.6 is 0 Å². The maximum Gasteiger partial charge on any atom is 0.0796 e. The van der Waals surface area contributed by atoms with Crippen LogP contribution in [-0.4, -0.2) is 15.0 Å². The Labute approximate surface area is 77.8 Å². The zero-order chi connectivity index (χ0) is 9.10. The summed E-state index contributed by atoms with van der Waals surface area (Å²) in [6.07, 6.45) is 10.9. The quantitative estimate of drug-likeness (QED) is 0.687. The van der Waals surface area contributed by atoms with Crippen LogP contribution < -0.4 is 0 Å². The minimum absolute atomic E-state index is 0.845. The van der Waals surface area contributed by atoms with Gasteiger partial charge in [-0.1, -0.05) is 23.4 Å². The number of allylic oxidation sites excluding steroid dienone is 4.